The Morgan fingerprint density at radius 3 is 2.94 bits per heavy atom. The molecule has 1 aliphatic rings. The highest BCUT2D eigenvalue weighted by molar-refractivity contribution is 6.00. The van der Waals surface area contributed by atoms with Crippen molar-refractivity contribution in [3.63, 3.8) is 0 Å². The van der Waals surface area contributed by atoms with Gasteiger partial charge in [-0.3, -0.25) is 9.69 Å². The van der Waals surface area contributed by atoms with Crippen LogP contribution in [0.15, 0.2) is 24.3 Å². The zero-order valence-corrected chi connectivity index (χ0v) is 9.93. The molecule has 1 aromatic carbocycles. The van der Waals surface area contributed by atoms with E-state index in [1.165, 1.54) is 0 Å². The normalized spacial score (nSPS) is 20.5. The fourth-order valence-corrected chi connectivity index (χ4v) is 2.12. The number of rotatable bonds is 4. The highest BCUT2D eigenvalue weighted by atomic mass is 16.5. The Labute approximate surface area is 101 Å². The lowest BCUT2D eigenvalue weighted by atomic mass is 10.1. The number of likely N-dealkylation sites (tertiary alicyclic amines) is 1. The number of aliphatic hydroxyl groups is 1. The highest BCUT2D eigenvalue weighted by Crippen LogP contribution is 2.19. The molecule has 1 fully saturated rings. The van der Waals surface area contributed by atoms with Gasteiger partial charge in [-0.15, -0.1) is 0 Å². The van der Waals surface area contributed by atoms with Gasteiger partial charge in [-0.05, 0) is 18.6 Å². The molecular weight excluding hydrogens is 218 g/mol. The maximum Gasteiger partial charge on any atom is 0.180 e. The Morgan fingerprint density at radius 2 is 2.29 bits per heavy atom. The van der Waals surface area contributed by atoms with Crippen molar-refractivity contribution in [1.29, 1.82) is 0 Å². The lowest BCUT2D eigenvalue weighted by Crippen LogP contribution is -2.28. The second-order valence-electron chi connectivity index (χ2n) is 4.30. The van der Waals surface area contributed by atoms with Crippen LogP contribution in [0.3, 0.4) is 0 Å². The molecule has 0 aliphatic carbocycles. The summed E-state index contributed by atoms with van der Waals surface area (Å²) in [5, 5.41) is 9.41. The van der Waals surface area contributed by atoms with Gasteiger partial charge in [-0.1, -0.05) is 12.1 Å². The monoisotopic (exact) mass is 235 g/mol. The van der Waals surface area contributed by atoms with Gasteiger partial charge < -0.3 is 9.84 Å². The number of carbonyl (C=O) groups excluding carboxylic acids is 1. The SMILES string of the molecule is COc1ccccc1C(=O)CN1CCC(O)C1. The highest BCUT2D eigenvalue weighted by Gasteiger charge is 2.23. The third-order valence-corrected chi connectivity index (χ3v) is 3.02. The van der Waals surface area contributed by atoms with Gasteiger partial charge in [-0.2, -0.15) is 0 Å². The number of β-amino-alcohol motifs (C(OH)–C–C–N with tert-alkyl or cyclic N) is 1. The number of aliphatic hydroxyl groups excluding tert-OH is 1. The molecule has 0 aromatic heterocycles. The fraction of sp³-hybridized carbons (Fsp3) is 0.462. The summed E-state index contributed by atoms with van der Waals surface area (Å²) >= 11 is 0. The summed E-state index contributed by atoms with van der Waals surface area (Å²) in [7, 11) is 1.56. The van der Waals surface area contributed by atoms with Crippen molar-refractivity contribution in [3.05, 3.63) is 29.8 Å². The van der Waals surface area contributed by atoms with Crippen molar-refractivity contribution < 1.29 is 14.6 Å². The molecule has 2 rings (SSSR count). The molecule has 0 amide bonds. The van der Waals surface area contributed by atoms with Crippen LogP contribution in [0, 0.1) is 0 Å². The van der Waals surface area contributed by atoms with Crippen LogP contribution >= 0.6 is 0 Å². The molecule has 1 aromatic rings. The molecule has 0 radical (unpaired) electrons. The van der Waals surface area contributed by atoms with Gasteiger partial charge in [-0.25, -0.2) is 0 Å². The number of ketones is 1. The number of Topliss-reactive ketones (excluding diaryl/α,β-unsaturated/α-hetero) is 1. The van der Waals surface area contributed by atoms with E-state index in [0.717, 1.165) is 13.0 Å². The number of benzene rings is 1. The van der Waals surface area contributed by atoms with Crippen LogP contribution in [0.1, 0.15) is 16.8 Å². The zero-order valence-electron chi connectivity index (χ0n) is 9.93. The van der Waals surface area contributed by atoms with Gasteiger partial charge in [0, 0.05) is 13.1 Å². The van der Waals surface area contributed by atoms with Crippen molar-refractivity contribution >= 4 is 5.78 Å². The van der Waals surface area contributed by atoms with Crippen molar-refractivity contribution in [2.75, 3.05) is 26.7 Å². The molecular formula is C13H17NO3. The lowest BCUT2D eigenvalue weighted by Gasteiger charge is -2.14. The molecule has 0 spiro atoms. The zero-order chi connectivity index (χ0) is 12.3. The molecule has 1 heterocycles. The maximum absolute atomic E-state index is 12.1. The van der Waals surface area contributed by atoms with Crippen molar-refractivity contribution in [2.24, 2.45) is 0 Å². The van der Waals surface area contributed by atoms with Crippen LogP contribution in [0.2, 0.25) is 0 Å². The minimum absolute atomic E-state index is 0.0385. The second kappa shape index (κ2) is 5.29. The summed E-state index contributed by atoms with van der Waals surface area (Å²) in [5.74, 6) is 0.647. The van der Waals surface area contributed by atoms with Crippen LogP contribution in [0.25, 0.3) is 0 Å². The Hall–Kier alpha value is -1.39. The average molecular weight is 235 g/mol. The van der Waals surface area contributed by atoms with E-state index in [1.807, 2.05) is 17.0 Å². The van der Waals surface area contributed by atoms with E-state index in [2.05, 4.69) is 0 Å². The Morgan fingerprint density at radius 1 is 1.53 bits per heavy atom. The molecule has 1 saturated heterocycles. The first kappa shape index (κ1) is 12.1. The summed E-state index contributed by atoms with van der Waals surface area (Å²) in [4.78, 5) is 14.1. The number of hydrogen-bond acceptors (Lipinski definition) is 4. The lowest BCUT2D eigenvalue weighted by molar-refractivity contribution is 0.0932. The number of para-hydroxylation sites is 1. The predicted molar refractivity (Wildman–Crippen MR) is 64.4 cm³/mol. The number of methoxy groups -OCH3 is 1. The van der Waals surface area contributed by atoms with Crippen LogP contribution < -0.4 is 4.74 Å². The van der Waals surface area contributed by atoms with Gasteiger partial charge in [0.05, 0.1) is 25.3 Å². The van der Waals surface area contributed by atoms with E-state index in [4.69, 9.17) is 4.74 Å². The van der Waals surface area contributed by atoms with Crippen molar-refractivity contribution in [3.8, 4) is 5.75 Å². The van der Waals surface area contributed by atoms with Crippen LogP contribution in [-0.2, 0) is 0 Å². The molecule has 92 valence electrons. The van der Waals surface area contributed by atoms with Gasteiger partial charge in [0.1, 0.15) is 5.75 Å². The van der Waals surface area contributed by atoms with E-state index in [1.54, 1.807) is 19.2 Å². The van der Waals surface area contributed by atoms with Crippen molar-refractivity contribution in [2.45, 2.75) is 12.5 Å². The molecule has 17 heavy (non-hydrogen) atoms. The molecule has 1 unspecified atom stereocenters. The maximum atomic E-state index is 12.1. The first-order valence-corrected chi connectivity index (χ1v) is 5.77. The van der Waals surface area contributed by atoms with E-state index in [0.29, 0.717) is 24.4 Å². The Bertz CT molecular complexity index is 405. The summed E-state index contributed by atoms with van der Waals surface area (Å²) in [6, 6.07) is 7.23. The topological polar surface area (TPSA) is 49.8 Å². The standard InChI is InChI=1S/C13H17NO3/c1-17-13-5-3-2-4-11(13)12(16)9-14-7-6-10(15)8-14/h2-5,10,15H,6-9H2,1H3. The summed E-state index contributed by atoms with van der Waals surface area (Å²) in [6.45, 7) is 1.71. The smallest absolute Gasteiger partial charge is 0.180 e. The third kappa shape index (κ3) is 2.84. The fourth-order valence-electron chi connectivity index (χ4n) is 2.12. The molecule has 1 N–H and O–H groups in total. The minimum atomic E-state index is -0.291. The molecule has 1 atom stereocenters. The van der Waals surface area contributed by atoms with E-state index in [9.17, 15) is 9.90 Å². The molecule has 0 bridgehead atoms. The summed E-state index contributed by atoms with van der Waals surface area (Å²) in [6.07, 6.45) is 0.458. The van der Waals surface area contributed by atoms with Crippen LogP contribution in [-0.4, -0.2) is 48.6 Å². The average Bonchev–Trinajstić information content (AvgIpc) is 2.74. The summed E-state index contributed by atoms with van der Waals surface area (Å²) in [5.41, 5.74) is 0.608. The first-order chi connectivity index (χ1) is 8.20. The molecule has 0 saturated carbocycles. The predicted octanol–water partition coefficient (Wildman–Crippen LogP) is 0.944. The van der Waals surface area contributed by atoms with E-state index < -0.39 is 0 Å². The summed E-state index contributed by atoms with van der Waals surface area (Å²) < 4.78 is 5.16. The van der Waals surface area contributed by atoms with E-state index >= 15 is 0 Å². The largest absolute Gasteiger partial charge is 0.496 e. The quantitative estimate of drug-likeness (QED) is 0.789. The molecule has 1 aliphatic heterocycles. The first-order valence-electron chi connectivity index (χ1n) is 5.77. The number of nitrogens with zero attached hydrogens (tertiary/aromatic N) is 1. The number of carbonyl (C=O) groups is 1. The Balaban J connectivity index is 2.04. The van der Waals surface area contributed by atoms with Gasteiger partial charge in [0.2, 0.25) is 0 Å². The van der Waals surface area contributed by atoms with Crippen LogP contribution in [0.4, 0.5) is 0 Å². The molecule has 4 heteroatoms. The van der Waals surface area contributed by atoms with E-state index in [-0.39, 0.29) is 11.9 Å². The number of hydrogen-bond donors (Lipinski definition) is 1. The van der Waals surface area contributed by atoms with Gasteiger partial charge >= 0.3 is 0 Å². The van der Waals surface area contributed by atoms with Gasteiger partial charge in [0.25, 0.3) is 0 Å². The van der Waals surface area contributed by atoms with Gasteiger partial charge in [0.15, 0.2) is 5.78 Å². The third-order valence-electron chi connectivity index (χ3n) is 3.02. The number of ether oxygens (including phenoxy) is 1. The van der Waals surface area contributed by atoms with Crippen LogP contribution in [0.5, 0.6) is 5.75 Å². The Kier molecular flexibility index (Phi) is 3.76. The second-order valence-corrected chi connectivity index (χ2v) is 4.30. The van der Waals surface area contributed by atoms with Crippen molar-refractivity contribution in [1.82, 2.24) is 4.90 Å². The minimum Gasteiger partial charge on any atom is -0.496 e. The molecule has 4 nitrogen and oxygen atoms in total.